The van der Waals surface area contributed by atoms with Crippen molar-refractivity contribution < 1.29 is 4.79 Å². The van der Waals surface area contributed by atoms with Gasteiger partial charge < -0.3 is 16.0 Å². The first kappa shape index (κ1) is 14.5. The van der Waals surface area contributed by atoms with Gasteiger partial charge in [-0.05, 0) is 23.6 Å². The van der Waals surface area contributed by atoms with Crippen LogP contribution in [0.4, 0.5) is 5.82 Å². The average Bonchev–Trinajstić information content (AvgIpc) is 2.59. The molecule has 0 bridgehead atoms. The predicted octanol–water partition coefficient (Wildman–Crippen LogP) is 1.22. The van der Waals surface area contributed by atoms with Crippen molar-refractivity contribution >= 4 is 11.7 Å². The molecule has 22 heavy (non-hydrogen) atoms. The van der Waals surface area contributed by atoms with Crippen LogP contribution in [0.15, 0.2) is 42.6 Å². The van der Waals surface area contributed by atoms with Gasteiger partial charge in [-0.25, -0.2) is 4.98 Å². The summed E-state index contributed by atoms with van der Waals surface area (Å²) in [6.07, 6.45) is 2.81. The van der Waals surface area contributed by atoms with Gasteiger partial charge in [0, 0.05) is 31.4 Å². The first-order valence-corrected chi connectivity index (χ1v) is 7.50. The normalized spacial score (nSPS) is 13.6. The number of pyridine rings is 1. The van der Waals surface area contributed by atoms with E-state index in [9.17, 15) is 4.79 Å². The Bertz CT molecular complexity index is 671. The summed E-state index contributed by atoms with van der Waals surface area (Å²) < 4.78 is 0. The quantitative estimate of drug-likeness (QED) is 0.890. The van der Waals surface area contributed by atoms with Gasteiger partial charge >= 0.3 is 0 Å². The van der Waals surface area contributed by atoms with Crippen molar-refractivity contribution in [1.29, 1.82) is 0 Å². The molecule has 1 aromatic carbocycles. The van der Waals surface area contributed by atoms with Crippen LogP contribution in [-0.2, 0) is 24.3 Å². The van der Waals surface area contributed by atoms with E-state index in [1.54, 1.807) is 6.20 Å². The molecule has 0 unspecified atom stereocenters. The van der Waals surface area contributed by atoms with E-state index in [0.717, 1.165) is 30.9 Å². The van der Waals surface area contributed by atoms with E-state index in [0.29, 0.717) is 6.54 Å². The molecule has 0 spiro atoms. The van der Waals surface area contributed by atoms with Gasteiger partial charge in [-0.2, -0.15) is 0 Å². The highest BCUT2D eigenvalue weighted by molar-refractivity contribution is 5.77. The first-order valence-electron chi connectivity index (χ1n) is 7.50. The fourth-order valence-corrected chi connectivity index (χ4v) is 2.80. The van der Waals surface area contributed by atoms with Gasteiger partial charge in [0.05, 0.1) is 6.54 Å². The third kappa shape index (κ3) is 3.09. The Hall–Kier alpha value is -2.40. The van der Waals surface area contributed by atoms with Gasteiger partial charge in [0.2, 0.25) is 5.91 Å². The number of anilines is 1. The summed E-state index contributed by atoms with van der Waals surface area (Å²) in [6.45, 7) is 2.25. The summed E-state index contributed by atoms with van der Waals surface area (Å²) in [5.74, 6) is 0.785. The number of nitrogens with zero attached hydrogens (tertiary/aromatic N) is 2. The fourth-order valence-electron chi connectivity index (χ4n) is 2.80. The molecule has 3 rings (SSSR count). The predicted molar refractivity (Wildman–Crippen MR) is 86.3 cm³/mol. The Kier molecular flexibility index (Phi) is 4.34. The second-order valence-corrected chi connectivity index (χ2v) is 5.41. The molecule has 1 aliphatic rings. The van der Waals surface area contributed by atoms with Crippen molar-refractivity contribution in [2.45, 2.75) is 19.5 Å². The van der Waals surface area contributed by atoms with Crippen LogP contribution in [0.25, 0.3) is 0 Å². The van der Waals surface area contributed by atoms with Crippen LogP contribution in [0.2, 0.25) is 0 Å². The van der Waals surface area contributed by atoms with Crippen molar-refractivity contribution in [3.8, 4) is 0 Å². The number of benzene rings is 1. The van der Waals surface area contributed by atoms with Crippen LogP contribution in [0, 0.1) is 0 Å². The Morgan fingerprint density at radius 3 is 2.86 bits per heavy atom. The smallest absolute Gasteiger partial charge is 0.234 e. The van der Waals surface area contributed by atoms with Crippen molar-refractivity contribution in [1.82, 2.24) is 10.3 Å². The number of rotatable bonds is 4. The standard InChI is InChI=1S/C17H20N4O/c18-10-16(22)20-11-14-6-3-8-19-17(14)21-9-7-13-4-1-2-5-15(13)12-21/h1-6,8H,7,9-12,18H2,(H,20,22). The number of nitrogens with one attached hydrogen (secondary N) is 1. The minimum atomic E-state index is -0.154. The SMILES string of the molecule is NCC(=O)NCc1cccnc1N1CCc2ccccc2C1. The summed E-state index contributed by atoms with van der Waals surface area (Å²) in [5, 5.41) is 2.82. The molecule has 0 fully saturated rings. The largest absolute Gasteiger partial charge is 0.352 e. The second-order valence-electron chi connectivity index (χ2n) is 5.41. The molecule has 2 aromatic rings. The molecule has 1 aromatic heterocycles. The maximum atomic E-state index is 11.4. The number of nitrogens with two attached hydrogens (primary N) is 1. The van der Waals surface area contributed by atoms with Gasteiger partial charge in [0.1, 0.15) is 5.82 Å². The van der Waals surface area contributed by atoms with Crippen molar-refractivity contribution in [2.75, 3.05) is 18.0 Å². The van der Waals surface area contributed by atoms with Gasteiger partial charge in [-0.1, -0.05) is 30.3 Å². The van der Waals surface area contributed by atoms with E-state index in [2.05, 4.69) is 39.5 Å². The van der Waals surface area contributed by atoms with E-state index < -0.39 is 0 Å². The average molecular weight is 296 g/mol. The second kappa shape index (κ2) is 6.58. The maximum Gasteiger partial charge on any atom is 0.234 e. The molecular formula is C17H20N4O. The maximum absolute atomic E-state index is 11.4. The number of aromatic nitrogens is 1. The highest BCUT2D eigenvalue weighted by Gasteiger charge is 2.19. The molecule has 1 amide bonds. The number of carbonyl (C=O) groups is 1. The lowest BCUT2D eigenvalue weighted by Crippen LogP contribution is -2.34. The lowest BCUT2D eigenvalue weighted by atomic mass is 9.99. The third-order valence-corrected chi connectivity index (χ3v) is 3.96. The van der Waals surface area contributed by atoms with Crippen LogP contribution in [-0.4, -0.2) is 24.0 Å². The Labute approximate surface area is 130 Å². The third-order valence-electron chi connectivity index (χ3n) is 3.96. The Morgan fingerprint density at radius 2 is 2.05 bits per heavy atom. The van der Waals surface area contributed by atoms with Crippen LogP contribution in [0.5, 0.6) is 0 Å². The highest BCUT2D eigenvalue weighted by Crippen LogP contribution is 2.25. The molecule has 5 nitrogen and oxygen atoms in total. The van der Waals surface area contributed by atoms with Gasteiger partial charge in [0.15, 0.2) is 0 Å². The number of amides is 1. The zero-order chi connectivity index (χ0) is 15.4. The summed E-state index contributed by atoms with van der Waals surface area (Å²) in [6, 6.07) is 12.4. The molecule has 114 valence electrons. The van der Waals surface area contributed by atoms with E-state index in [4.69, 9.17) is 5.73 Å². The number of hydrogen-bond donors (Lipinski definition) is 2. The number of fused-ring (bicyclic) bond motifs is 1. The van der Waals surface area contributed by atoms with E-state index in [1.165, 1.54) is 11.1 Å². The minimum absolute atomic E-state index is 0.00663. The molecule has 2 heterocycles. The summed E-state index contributed by atoms with van der Waals surface area (Å²) in [4.78, 5) is 18.2. The molecule has 0 radical (unpaired) electrons. The first-order chi connectivity index (χ1) is 10.8. The number of hydrogen-bond acceptors (Lipinski definition) is 4. The van der Waals surface area contributed by atoms with E-state index in [-0.39, 0.29) is 12.5 Å². The fraction of sp³-hybridized carbons (Fsp3) is 0.294. The van der Waals surface area contributed by atoms with Crippen molar-refractivity contribution in [2.24, 2.45) is 5.73 Å². The van der Waals surface area contributed by atoms with Crippen molar-refractivity contribution in [3.05, 3.63) is 59.3 Å². The van der Waals surface area contributed by atoms with Gasteiger partial charge in [0.25, 0.3) is 0 Å². The summed E-state index contributed by atoms with van der Waals surface area (Å²) in [5.41, 5.74) is 9.10. The molecule has 5 heteroatoms. The molecule has 0 saturated carbocycles. The molecular weight excluding hydrogens is 276 g/mol. The zero-order valence-corrected chi connectivity index (χ0v) is 12.5. The van der Waals surface area contributed by atoms with Gasteiger partial charge in [-0.15, -0.1) is 0 Å². The van der Waals surface area contributed by atoms with Gasteiger partial charge in [-0.3, -0.25) is 4.79 Å². The topological polar surface area (TPSA) is 71.2 Å². The van der Waals surface area contributed by atoms with Crippen LogP contribution < -0.4 is 16.0 Å². The Morgan fingerprint density at radius 1 is 1.23 bits per heavy atom. The highest BCUT2D eigenvalue weighted by atomic mass is 16.1. The van der Waals surface area contributed by atoms with Crippen LogP contribution >= 0.6 is 0 Å². The van der Waals surface area contributed by atoms with Crippen molar-refractivity contribution in [3.63, 3.8) is 0 Å². The monoisotopic (exact) mass is 296 g/mol. The summed E-state index contributed by atoms with van der Waals surface area (Å²) in [7, 11) is 0. The van der Waals surface area contributed by atoms with Crippen LogP contribution in [0.1, 0.15) is 16.7 Å². The Balaban J connectivity index is 1.79. The molecule has 3 N–H and O–H groups in total. The zero-order valence-electron chi connectivity index (χ0n) is 12.5. The lowest BCUT2D eigenvalue weighted by molar-refractivity contribution is -0.119. The minimum Gasteiger partial charge on any atom is -0.352 e. The van der Waals surface area contributed by atoms with E-state index in [1.807, 2.05) is 12.1 Å². The molecule has 0 atom stereocenters. The molecule has 0 saturated heterocycles. The van der Waals surface area contributed by atoms with E-state index >= 15 is 0 Å². The lowest BCUT2D eigenvalue weighted by Gasteiger charge is -2.31. The summed E-state index contributed by atoms with van der Waals surface area (Å²) >= 11 is 0. The molecule has 1 aliphatic heterocycles. The van der Waals surface area contributed by atoms with Crippen LogP contribution in [0.3, 0.4) is 0 Å². The number of carbonyl (C=O) groups excluding carboxylic acids is 1. The molecule has 0 aliphatic carbocycles.